The Labute approximate surface area is 123 Å². The van der Waals surface area contributed by atoms with Crippen LogP contribution in [0.2, 0.25) is 0 Å². The van der Waals surface area contributed by atoms with Gasteiger partial charge in [-0.2, -0.15) is 13.2 Å². The van der Waals surface area contributed by atoms with Gasteiger partial charge in [0.2, 0.25) is 0 Å². The summed E-state index contributed by atoms with van der Waals surface area (Å²) in [5.41, 5.74) is -4.13. The number of aliphatic hydroxyl groups excluding tert-OH is 1. The predicted molar refractivity (Wildman–Crippen MR) is 75.7 cm³/mol. The highest BCUT2D eigenvalue weighted by Gasteiger charge is 2.36. The Morgan fingerprint density at radius 1 is 1.05 bits per heavy atom. The van der Waals surface area contributed by atoms with E-state index in [9.17, 15) is 18.3 Å². The highest BCUT2D eigenvalue weighted by atomic mass is 32.2. The van der Waals surface area contributed by atoms with E-state index >= 15 is 0 Å². The summed E-state index contributed by atoms with van der Waals surface area (Å²) in [6.07, 6.45) is 7.06. The largest absolute Gasteiger partial charge is 0.441 e. The van der Waals surface area contributed by atoms with E-state index in [0.29, 0.717) is 6.54 Å². The number of nitrogens with zero attached hydrogens (tertiary/aromatic N) is 1. The maximum absolute atomic E-state index is 12.2. The van der Waals surface area contributed by atoms with Gasteiger partial charge in [-0.3, -0.25) is 4.90 Å². The Morgan fingerprint density at radius 3 is 2.45 bits per heavy atom. The fourth-order valence-electron chi connectivity index (χ4n) is 3.65. The van der Waals surface area contributed by atoms with Gasteiger partial charge in [0, 0.05) is 24.3 Å². The molecule has 0 spiro atoms. The molecule has 0 aromatic carbocycles. The molecule has 1 heterocycles. The van der Waals surface area contributed by atoms with Crippen LogP contribution in [0.5, 0.6) is 0 Å². The van der Waals surface area contributed by atoms with Crippen molar-refractivity contribution in [2.24, 2.45) is 5.92 Å². The lowest BCUT2D eigenvalue weighted by atomic mass is 9.78. The van der Waals surface area contributed by atoms with Crippen molar-refractivity contribution in [3.8, 4) is 0 Å². The molecular formula is C14H24F3NOS. The second kappa shape index (κ2) is 7.36. The molecule has 1 N–H and O–H groups in total. The van der Waals surface area contributed by atoms with Crippen LogP contribution in [0, 0.1) is 5.92 Å². The van der Waals surface area contributed by atoms with E-state index in [0.717, 1.165) is 51.5 Å². The lowest BCUT2D eigenvalue weighted by Gasteiger charge is -2.43. The molecule has 2 rings (SSSR count). The molecule has 0 amide bonds. The summed E-state index contributed by atoms with van der Waals surface area (Å²) in [4.78, 5) is 2.20. The molecule has 0 aromatic heterocycles. The lowest BCUT2D eigenvalue weighted by molar-refractivity contribution is -0.0334. The van der Waals surface area contributed by atoms with Gasteiger partial charge in [0.25, 0.3) is 0 Å². The van der Waals surface area contributed by atoms with Crippen LogP contribution in [0.3, 0.4) is 0 Å². The van der Waals surface area contributed by atoms with Crippen LogP contribution >= 0.6 is 11.8 Å². The fourth-order valence-corrected chi connectivity index (χ4v) is 4.20. The first-order valence-corrected chi connectivity index (χ1v) is 8.59. The zero-order chi connectivity index (χ0) is 14.6. The minimum Gasteiger partial charge on any atom is -0.393 e. The van der Waals surface area contributed by atoms with Crippen LogP contribution < -0.4 is 0 Å². The third-order valence-corrected chi connectivity index (χ3v) is 5.30. The topological polar surface area (TPSA) is 23.5 Å². The highest BCUT2D eigenvalue weighted by Crippen LogP contribution is 2.35. The summed E-state index contributed by atoms with van der Waals surface area (Å²) in [6.45, 7) is 1.37. The van der Waals surface area contributed by atoms with Gasteiger partial charge in [0.1, 0.15) is 0 Å². The van der Waals surface area contributed by atoms with Gasteiger partial charge in [-0.15, -0.1) is 0 Å². The van der Waals surface area contributed by atoms with E-state index < -0.39 is 5.51 Å². The van der Waals surface area contributed by atoms with E-state index in [1.807, 2.05) is 0 Å². The molecule has 6 heteroatoms. The normalized spacial score (nSPS) is 33.3. The Hall–Kier alpha value is 0.0600. The number of aliphatic hydroxyl groups is 1. The van der Waals surface area contributed by atoms with Crippen molar-refractivity contribution in [1.82, 2.24) is 4.90 Å². The molecule has 2 aliphatic rings. The van der Waals surface area contributed by atoms with Gasteiger partial charge in [-0.25, -0.2) is 0 Å². The molecule has 20 heavy (non-hydrogen) atoms. The monoisotopic (exact) mass is 311 g/mol. The van der Waals surface area contributed by atoms with E-state index in [-0.39, 0.29) is 35.6 Å². The molecule has 118 valence electrons. The summed E-state index contributed by atoms with van der Waals surface area (Å²) >= 11 is 0.0725. The van der Waals surface area contributed by atoms with Crippen molar-refractivity contribution >= 4 is 11.8 Å². The molecule has 3 unspecified atom stereocenters. The Kier molecular flexibility index (Phi) is 6.05. The van der Waals surface area contributed by atoms with Crippen molar-refractivity contribution in [1.29, 1.82) is 0 Å². The quantitative estimate of drug-likeness (QED) is 0.857. The number of hydrogen-bond donors (Lipinski definition) is 1. The van der Waals surface area contributed by atoms with E-state index in [2.05, 4.69) is 4.90 Å². The Morgan fingerprint density at radius 2 is 1.75 bits per heavy atom. The van der Waals surface area contributed by atoms with Crippen molar-refractivity contribution in [3.63, 3.8) is 0 Å². The number of likely N-dealkylation sites (tertiary alicyclic amines) is 1. The average molecular weight is 311 g/mol. The van der Waals surface area contributed by atoms with Crippen LogP contribution in [0.4, 0.5) is 13.2 Å². The second-order valence-corrected chi connectivity index (χ2v) is 7.07. The number of halogens is 3. The molecule has 1 aliphatic carbocycles. The van der Waals surface area contributed by atoms with Gasteiger partial charge in [0.15, 0.2) is 0 Å². The van der Waals surface area contributed by atoms with Crippen molar-refractivity contribution in [3.05, 3.63) is 0 Å². The minimum atomic E-state index is -4.13. The van der Waals surface area contributed by atoms with Gasteiger partial charge >= 0.3 is 5.51 Å². The highest BCUT2D eigenvalue weighted by molar-refractivity contribution is 8.00. The molecule has 0 aromatic rings. The fraction of sp³-hybridized carbons (Fsp3) is 1.00. The summed E-state index contributed by atoms with van der Waals surface area (Å²) < 4.78 is 36.7. The van der Waals surface area contributed by atoms with E-state index in [4.69, 9.17) is 0 Å². The molecule has 2 fully saturated rings. The third kappa shape index (κ3) is 4.81. The van der Waals surface area contributed by atoms with Gasteiger partial charge in [-0.05, 0) is 44.0 Å². The molecule has 1 saturated heterocycles. The third-order valence-electron chi connectivity index (χ3n) is 4.58. The number of rotatable bonds is 4. The van der Waals surface area contributed by atoms with Gasteiger partial charge in [0.05, 0.1) is 6.10 Å². The zero-order valence-electron chi connectivity index (χ0n) is 11.7. The SMILES string of the molecule is OC1CCCCC1C1CCCCN1CCSC(F)(F)F. The number of thioether (sulfide) groups is 1. The van der Waals surface area contributed by atoms with Crippen LogP contribution in [0.25, 0.3) is 0 Å². The second-order valence-electron chi connectivity index (χ2n) is 5.91. The Bertz CT molecular complexity index is 301. The molecule has 0 bridgehead atoms. The molecule has 1 saturated carbocycles. The van der Waals surface area contributed by atoms with Crippen molar-refractivity contribution in [2.75, 3.05) is 18.8 Å². The summed E-state index contributed by atoms with van der Waals surface area (Å²) in [6, 6.07) is 0.285. The van der Waals surface area contributed by atoms with Gasteiger partial charge in [-0.1, -0.05) is 19.3 Å². The van der Waals surface area contributed by atoms with Crippen LogP contribution in [-0.2, 0) is 0 Å². The summed E-state index contributed by atoms with van der Waals surface area (Å²) in [7, 11) is 0. The maximum atomic E-state index is 12.2. The zero-order valence-corrected chi connectivity index (χ0v) is 12.6. The van der Waals surface area contributed by atoms with Crippen molar-refractivity contribution in [2.45, 2.75) is 62.6 Å². The predicted octanol–water partition coefficient (Wildman–Crippen LogP) is 3.65. The molecule has 0 radical (unpaired) electrons. The standard InChI is InChI=1S/C14H24F3NOS/c15-14(16,17)20-10-9-18-8-4-3-6-12(18)11-5-1-2-7-13(11)19/h11-13,19H,1-10H2. The summed E-state index contributed by atoms with van der Waals surface area (Å²) in [5.74, 6) is 0.364. The van der Waals surface area contributed by atoms with Crippen LogP contribution in [-0.4, -0.2) is 46.5 Å². The smallest absolute Gasteiger partial charge is 0.393 e. The number of piperidine rings is 1. The number of alkyl halides is 3. The molecular weight excluding hydrogens is 287 g/mol. The van der Waals surface area contributed by atoms with Crippen LogP contribution in [0.15, 0.2) is 0 Å². The first kappa shape index (κ1) is 16.4. The average Bonchev–Trinajstić information content (AvgIpc) is 2.39. The van der Waals surface area contributed by atoms with Crippen LogP contribution in [0.1, 0.15) is 44.9 Å². The number of hydrogen-bond acceptors (Lipinski definition) is 3. The van der Waals surface area contributed by atoms with E-state index in [1.54, 1.807) is 0 Å². The first-order chi connectivity index (χ1) is 9.47. The minimum absolute atomic E-state index is 0.0725. The summed E-state index contributed by atoms with van der Waals surface area (Å²) in [5, 5.41) is 10.2. The maximum Gasteiger partial charge on any atom is 0.441 e. The van der Waals surface area contributed by atoms with Gasteiger partial charge < -0.3 is 5.11 Å². The Balaban J connectivity index is 1.87. The first-order valence-electron chi connectivity index (χ1n) is 7.60. The van der Waals surface area contributed by atoms with E-state index in [1.165, 1.54) is 0 Å². The molecule has 1 aliphatic heterocycles. The molecule has 2 nitrogen and oxygen atoms in total. The molecule has 3 atom stereocenters. The van der Waals surface area contributed by atoms with Crippen molar-refractivity contribution < 1.29 is 18.3 Å². The lowest BCUT2D eigenvalue weighted by Crippen LogP contribution is -2.49.